The first-order valence-corrected chi connectivity index (χ1v) is 7.11. The molecule has 3 N–H and O–H groups in total. The Morgan fingerprint density at radius 2 is 2.21 bits per heavy atom. The fourth-order valence-corrected chi connectivity index (χ4v) is 2.76. The summed E-state index contributed by atoms with van der Waals surface area (Å²) in [6.45, 7) is 5.03. The number of nitrogen functional groups attached to an aromatic ring is 1. The molecule has 0 amide bonds. The number of benzene rings is 1. The van der Waals surface area contributed by atoms with Gasteiger partial charge in [0.25, 0.3) is 0 Å². The highest BCUT2D eigenvalue weighted by molar-refractivity contribution is 5.95. The topological polar surface area (TPSA) is 59.1 Å². The summed E-state index contributed by atoms with van der Waals surface area (Å²) in [6, 6.07) is 5.89. The Morgan fingerprint density at radius 3 is 2.84 bits per heavy atom. The maximum atomic E-state index is 7.43. The molecular formula is C16H24N2O. The molecule has 0 spiro atoms. The van der Waals surface area contributed by atoms with Crippen molar-refractivity contribution < 1.29 is 4.74 Å². The van der Waals surface area contributed by atoms with Gasteiger partial charge in [0.15, 0.2) is 0 Å². The molecule has 2 rings (SSSR count). The molecule has 0 radical (unpaired) electrons. The maximum Gasteiger partial charge on any atom is 0.122 e. The van der Waals surface area contributed by atoms with E-state index >= 15 is 0 Å². The molecule has 104 valence electrons. The first-order chi connectivity index (χ1) is 9.06. The second kappa shape index (κ2) is 6.20. The Balaban J connectivity index is 1.94. The van der Waals surface area contributed by atoms with Gasteiger partial charge in [0.2, 0.25) is 0 Å². The average molecular weight is 260 g/mol. The van der Waals surface area contributed by atoms with Gasteiger partial charge in [-0.05, 0) is 42.9 Å². The Kier molecular flexibility index (Phi) is 4.59. The predicted octanol–water partition coefficient (Wildman–Crippen LogP) is 3.37. The molecule has 1 aliphatic rings. The van der Waals surface area contributed by atoms with Crippen LogP contribution in [0, 0.1) is 18.3 Å². The fraction of sp³-hybridized carbons (Fsp3) is 0.562. The molecule has 0 aliphatic heterocycles. The maximum absolute atomic E-state index is 7.43. The minimum atomic E-state index is 0.122. The van der Waals surface area contributed by atoms with E-state index in [2.05, 4.69) is 13.8 Å². The summed E-state index contributed by atoms with van der Waals surface area (Å²) in [5, 5.41) is 7.43. The van der Waals surface area contributed by atoms with Gasteiger partial charge >= 0.3 is 0 Å². The van der Waals surface area contributed by atoms with Crippen LogP contribution < -0.4 is 5.73 Å². The highest BCUT2D eigenvalue weighted by Gasteiger charge is 2.19. The normalized spacial score (nSPS) is 23.3. The van der Waals surface area contributed by atoms with Crippen molar-refractivity contribution in [3.63, 3.8) is 0 Å². The number of nitrogens with two attached hydrogens (primary N) is 1. The summed E-state index contributed by atoms with van der Waals surface area (Å²) in [6.07, 6.45) is 5.41. The van der Waals surface area contributed by atoms with Crippen LogP contribution in [0.2, 0.25) is 0 Å². The van der Waals surface area contributed by atoms with E-state index < -0.39 is 0 Å². The molecule has 0 aromatic heterocycles. The van der Waals surface area contributed by atoms with Crippen molar-refractivity contribution in [1.29, 1.82) is 5.41 Å². The summed E-state index contributed by atoms with van der Waals surface area (Å²) in [5.74, 6) is 0.914. The Bertz CT molecular complexity index is 456. The minimum absolute atomic E-state index is 0.122. The lowest BCUT2D eigenvalue weighted by molar-refractivity contribution is 0.00447. The van der Waals surface area contributed by atoms with Crippen molar-refractivity contribution in [2.45, 2.75) is 52.2 Å². The molecule has 0 bridgehead atoms. The van der Waals surface area contributed by atoms with E-state index in [9.17, 15) is 0 Å². The van der Waals surface area contributed by atoms with Gasteiger partial charge in [0.05, 0.1) is 12.7 Å². The average Bonchev–Trinajstić information content (AvgIpc) is 2.37. The van der Waals surface area contributed by atoms with Gasteiger partial charge in [0.1, 0.15) is 5.84 Å². The zero-order valence-electron chi connectivity index (χ0n) is 11.9. The Hall–Kier alpha value is -1.35. The van der Waals surface area contributed by atoms with E-state index in [0.717, 1.165) is 17.0 Å². The number of ether oxygens (including phenoxy) is 1. The minimum Gasteiger partial charge on any atom is -0.384 e. The highest BCUT2D eigenvalue weighted by Crippen LogP contribution is 2.26. The first-order valence-electron chi connectivity index (χ1n) is 7.11. The Morgan fingerprint density at radius 1 is 1.42 bits per heavy atom. The number of hydrogen-bond donors (Lipinski definition) is 2. The second-order valence-electron chi connectivity index (χ2n) is 5.76. The van der Waals surface area contributed by atoms with Crippen LogP contribution in [0.25, 0.3) is 0 Å². The third-order valence-corrected chi connectivity index (χ3v) is 4.02. The molecule has 1 aromatic carbocycles. The van der Waals surface area contributed by atoms with Crippen LogP contribution in [0.5, 0.6) is 0 Å². The van der Waals surface area contributed by atoms with Crippen LogP contribution in [-0.2, 0) is 11.3 Å². The predicted molar refractivity (Wildman–Crippen MR) is 78.4 cm³/mol. The van der Waals surface area contributed by atoms with Crippen LogP contribution in [0.1, 0.15) is 49.3 Å². The molecule has 3 nitrogen and oxygen atoms in total. The zero-order valence-corrected chi connectivity index (χ0v) is 11.9. The summed E-state index contributed by atoms with van der Waals surface area (Å²) in [5.41, 5.74) is 8.62. The zero-order chi connectivity index (χ0) is 13.8. The lowest BCUT2D eigenvalue weighted by Crippen LogP contribution is -2.21. The van der Waals surface area contributed by atoms with Crippen molar-refractivity contribution >= 4 is 5.84 Å². The van der Waals surface area contributed by atoms with Crippen molar-refractivity contribution in [2.24, 2.45) is 11.7 Å². The van der Waals surface area contributed by atoms with Gasteiger partial charge in [-0.2, -0.15) is 0 Å². The van der Waals surface area contributed by atoms with Gasteiger partial charge in [0, 0.05) is 5.56 Å². The van der Waals surface area contributed by atoms with Crippen molar-refractivity contribution in [3.8, 4) is 0 Å². The summed E-state index contributed by atoms with van der Waals surface area (Å²) in [7, 11) is 0. The van der Waals surface area contributed by atoms with Crippen molar-refractivity contribution in [3.05, 3.63) is 34.9 Å². The molecule has 1 aromatic rings. The number of nitrogens with one attached hydrogen (secondary N) is 1. The molecule has 1 saturated carbocycles. The van der Waals surface area contributed by atoms with Crippen LogP contribution in [0.3, 0.4) is 0 Å². The SMILES string of the molecule is Cc1cc(C(=N)N)ccc1COC1CCCC(C)C1. The third-order valence-electron chi connectivity index (χ3n) is 4.02. The molecule has 0 heterocycles. The van der Waals surface area contributed by atoms with E-state index in [1.807, 2.05) is 18.2 Å². The van der Waals surface area contributed by atoms with Gasteiger partial charge in [-0.25, -0.2) is 0 Å². The fourth-order valence-electron chi connectivity index (χ4n) is 2.76. The lowest BCUT2D eigenvalue weighted by atomic mass is 9.89. The van der Waals surface area contributed by atoms with E-state index in [0.29, 0.717) is 12.7 Å². The van der Waals surface area contributed by atoms with E-state index in [1.54, 1.807) is 0 Å². The summed E-state index contributed by atoms with van der Waals surface area (Å²) >= 11 is 0. The van der Waals surface area contributed by atoms with E-state index in [-0.39, 0.29) is 5.84 Å². The molecule has 0 saturated heterocycles. The molecule has 1 fully saturated rings. The molecule has 19 heavy (non-hydrogen) atoms. The number of hydrogen-bond acceptors (Lipinski definition) is 2. The van der Waals surface area contributed by atoms with Crippen molar-refractivity contribution in [2.75, 3.05) is 0 Å². The van der Waals surface area contributed by atoms with Gasteiger partial charge in [-0.1, -0.05) is 31.9 Å². The molecular weight excluding hydrogens is 236 g/mol. The monoisotopic (exact) mass is 260 g/mol. The van der Waals surface area contributed by atoms with Gasteiger partial charge in [-0.3, -0.25) is 5.41 Å². The molecule has 2 atom stereocenters. The quantitative estimate of drug-likeness (QED) is 0.644. The van der Waals surface area contributed by atoms with Crippen LogP contribution in [0.15, 0.2) is 18.2 Å². The number of amidine groups is 1. The van der Waals surface area contributed by atoms with Crippen LogP contribution in [0.4, 0.5) is 0 Å². The third kappa shape index (κ3) is 3.80. The molecule has 1 aliphatic carbocycles. The summed E-state index contributed by atoms with van der Waals surface area (Å²) in [4.78, 5) is 0. The van der Waals surface area contributed by atoms with Gasteiger partial charge < -0.3 is 10.5 Å². The Labute approximate surface area is 115 Å². The summed E-state index contributed by atoms with van der Waals surface area (Å²) < 4.78 is 6.04. The number of aryl methyl sites for hydroxylation is 1. The van der Waals surface area contributed by atoms with Crippen molar-refractivity contribution in [1.82, 2.24) is 0 Å². The van der Waals surface area contributed by atoms with Crippen LogP contribution >= 0.6 is 0 Å². The lowest BCUT2D eigenvalue weighted by Gasteiger charge is -2.27. The number of rotatable bonds is 4. The van der Waals surface area contributed by atoms with Crippen LogP contribution in [-0.4, -0.2) is 11.9 Å². The standard InChI is InChI=1S/C16H24N2O/c1-11-4-3-5-15(8-11)19-10-14-7-6-13(16(17)18)9-12(14)2/h6-7,9,11,15H,3-5,8,10H2,1-2H3,(H3,17,18). The second-order valence-corrected chi connectivity index (χ2v) is 5.76. The van der Waals surface area contributed by atoms with E-state index in [1.165, 1.54) is 31.2 Å². The highest BCUT2D eigenvalue weighted by atomic mass is 16.5. The molecule has 2 unspecified atom stereocenters. The first kappa shape index (κ1) is 14.1. The molecule has 3 heteroatoms. The smallest absolute Gasteiger partial charge is 0.122 e. The van der Waals surface area contributed by atoms with Gasteiger partial charge in [-0.15, -0.1) is 0 Å². The largest absolute Gasteiger partial charge is 0.384 e. The van der Waals surface area contributed by atoms with E-state index in [4.69, 9.17) is 15.9 Å².